The Bertz CT molecular complexity index is 570. The third-order valence-electron chi connectivity index (χ3n) is 2.61. The Hall–Kier alpha value is -2.23. The normalized spacial score (nSPS) is 11.0. The van der Waals surface area contributed by atoms with E-state index in [0.29, 0.717) is 12.4 Å². The molecule has 3 nitrogen and oxygen atoms in total. The molecule has 0 atom stereocenters. The number of aromatic nitrogens is 2. The lowest BCUT2D eigenvalue weighted by Gasteiger charge is -2.07. The molecule has 0 N–H and O–H groups in total. The Balaban J connectivity index is 2.34. The quantitative estimate of drug-likeness (QED) is 0.775. The molecule has 2 rings (SSSR count). The first kappa shape index (κ1) is 12.2. The monoisotopic (exact) mass is 244 g/mol. The van der Waals surface area contributed by atoms with Gasteiger partial charge in [0.1, 0.15) is 5.82 Å². The molecular weight excluding hydrogens is 231 g/mol. The van der Waals surface area contributed by atoms with Crippen molar-refractivity contribution in [3.05, 3.63) is 59.4 Å². The summed E-state index contributed by atoms with van der Waals surface area (Å²) in [6.07, 6.45) is 6.13. The number of benzene rings is 1. The molecule has 0 saturated carbocycles. The highest BCUT2D eigenvalue weighted by Crippen LogP contribution is 2.11. The van der Waals surface area contributed by atoms with Gasteiger partial charge in [0.15, 0.2) is 12.1 Å². The Morgan fingerprint density at radius 3 is 2.67 bits per heavy atom. The summed E-state index contributed by atoms with van der Waals surface area (Å²) >= 11 is 0. The van der Waals surface area contributed by atoms with Crippen LogP contribution >= 0.6 is 0 Å². The van der Waals surface area contributed by atoms with Crippen LogP contribution in [0.25, 0.3) is 6.08 Å². The van der Waals surface area contributed by atoms with Crippen LogP contribution in [-0.2, 0) is 6.54 Å². The van der Waals surface area contributed by atoms with Crippen molar-refractivity contribution >= 4 is 12.4 Å². The van der Waals surface area contributed by atoms with Crippen LogP contribution in [0, 0.1) is 5.82 Å². The molecule has 0 radical (unpaired) electrons. The topological polar surface area (TPSA) is 34.9 Å². The fourth-order valence-corrected chi connectivity index (χ4v) is 1.75. The molecule has 0 aliphatic carbocycles. The van der Waals surface area contributed by atoms with Crippen LogP contribution in [0.2, 0.25) is 0 Å². The first-order chi connectivity index (χ1) is 8.74. The lowest BCUT2D eigenvalue weighted by molar-refractivity contribution is 0.111. The van der Waals surface area contributed by atoms with E-state index in [0.717, 1.165) is 17.5 Å². The molecule has 2 aromatic rings. The molecular formula is C14H13FN2O. The molecule has 0 amide bonds. The van der Waals surface area contributed by atoms with E-state index in [9.17, 15) is 9.18 Å². The summed E-state index contributed by atoms with van der Waals surface area (Å²) < 4.78 is 14.6. The van der Waals surface area contributed by atoms with E-state index < -0.39 is 0 Å². The van der Waals surface area contributed by atoms with Gasteiger partial charge in [-0.1, -0.05) is 18.2 Å². The number of imidazole rings is 1. The average molecular weight is 244 g/mol. The summed E-state index contributed by atoms with van der Waals surface area (Å²) in [7, 11) is 0. The van der Waals surface area contributed by atoms with Crippen molar-refractivity contribution in [1.29, 1.82) is 0 Å². The van der Waals surface area contributed by atoms with Crippen molar-refractivity contribution in [3.8, 4) is 0 Å². The predicted octanol–water partition coefficient (Wildman–Crippen LogP) is 2.92. The lowest BCUT2D eigenvalue weighted by Crippen LogP contribution is -2.06. The summed E-state index contributed by atoms with van der Waals surface area (Å²) in [6.45, 7) is 2.39. The van der Waals surface area contributed by atoms with Crippen molar-refractivity contribution in [3.63, 3.8) is 0 Å². The zero-order valence-electron chi connectivity index (χ0n) is 10.0. The summed E-state index contributed by atoms with van der Waals surface area (Å²) in [5.74, 6) is 0.0982. The number of carbonyl (C=O) groups excluding carboxylic acids is 1. The van der Waals surface area contributed by atoms with Gasteiger partial charge in [-0.2, -0.15) is 0 Å². The highest BCUT2D eigenvalue weighted by molar-refractivity contribution is 5.70. The minimum absolute atomic E-state index is 0.270. The van der Waals surface area contributed by atoms with Gasteiger partial charge in [0, 0.05) is 6.54 Å². The van der Waals surface area contributed by atoms with E-state index >= 15 is 0 Å². The van der Waals surface area contributed by atoms with Crippen LogP contribution in [-0.4, -0.2) is 15.8 Å². The molecule has 0 fully saturated rings. The average Bonchev–Trinajstić information content (AvgIpc) is 2.75. The van der Waals surface area contributed by atoms with Gasteiger partial charge in [-0.15, -0.1) is 0 Å². The van der Waals surface area contributed by atoms with Gasteiger partial charge in [-0.25, -0.2) is 9.37 Å². The first-order valence-corrected chi connectivity index (χ1v) is 5.62. The summed E-state index contributed by atoms with van der Waals surface area (Å²) in [6, 6.07) is 6.21. The van der Waals surface area contributed by atoms with Crippen LogP contribution < -0.4 is 0 Å². The molecule has 0 aliphatic rings. The number of allylic oxidation sites excluding steroid dienone is 1. The summed E-state index contributed by atoms with van der Waals surface area (Å²) in [5, 5.41) is 0. The third-order valence-corrected chi connectivity index (χ3v) is 2.61. The second-order valence-electron chi connectivity index (χ2n) is 3.87. The molecule has 1 aromatic carbocycles. The van der Waals surface area contributed by atoms with Gasteiger partial charge in [0.2, 0.25) is 0 Å². The minimum atomic E-state index is -0.270. The van der Waals surface area contributed by atoms with E-state index in [1.165, 1.54) is 12.1 Å². The number of rotatable bonds is 4. The molecule has 1 aromatic heterocycles. The Morgan fingerprint density at radius 1 is 1.33 bits per heavy atom. The van der Waals surface area contributed by atoms with Crippen molar-refractivity contribution in [1.82, 2.24) is 9.55 Å². The zero-order valence-corrected chi connectivity index (χ0v) is 10.0. The molecule has 4 heteroatoms. The summed E-state index contributed by atoms with van der Waals surface area (Å²) in [4.78, 5) is 15.0. The molecule has 0 aliphatic heterocycles. The van der Waals surface area contributed by atoms with Gasteiger partial charge in [0.05, 0.1) is 11.9 Å². The standard InChI is InChI=1S/C14H13FN2O/c1-2-3-13-8-16-14(10-18)17(13)9-11-4-6-12(15)7-5-11/h2-8,10H,9H2,1H3/b3-2-. The van der Waals surface area contributed by atoms with Gasteiger partial charge >= 0.3 is 0 Å². The highest BCUT2D eigenvalue weighted by Gasteiger charge is 2.07. The maximum atomic E-state index is 12.8. The number of halogens is 1. The van der Waals surface area contributed by atoms with Crippen molar-refractivity contribution < 1.29 is 9.18 Å². The second kappa shape index (κ2) is 5.40. The lowest BCUT2D eigenvalue weighted by atomic mass is 10.2. The molecule has 0 saturated heterocycles. The van der Waals surface area contributed by atoms with Gasteiger partial charge in [-0.3, -0.25) is 4.79 Å². The number of hydrogen-bond donors (Lipinski definition) is 0. The van der Waals surface area contributed by atoms with E-state index in [4.69, 9.17) is 0 Å². The molecule has 18 heavy (non-hydrogen) atoms. The maximum Gasteiger partial charge on any atom is 0.185 e. The fourth-order valence-electron chi connectivity index (χ4n) is 1.75. The largest absolute Gasteiger partial charge is 0.318 e. The number of carbonyl (C=O) groups is 1. The maximum absolute atomic E-state index is 12.8. The van der Waals surface area contributed by atoms with Crippen molar-refractivity contribution in [2.24, 2.45) is 0 Å². The predicted molar refractivity (Wildman–Crippen MR) is 67.8 cm³/mol. The van der Waals surface area contributed by atoms with Crippen LogP contribution in [0.5, 0.6) is 0 Å². The fraction of sp³-hybridized carbons (Fsp3) is 0.143. The SMILES string of the molecule is C/C=C\c1cnc(C=O)n1Cc1ccc(F)cc1. The molecule has 0 unspecified atom stereocenters. The molecule has 0 bridgehead atoms. The molecule has 0 spiro atoms. The number of hydrogen-bond acceptors (Lipinski definition) is 2. The third kappa shape index (κ3) is 2.53. The Kier molecular flexibility index (Phi) is 3.67. The van der Waals surface area contributed by atoms with Crippen LogP contribution in [0.1, 0.15) is 28.8 Å². The van der Waals surface area contributed by atoms with E-state index in [-0.39, 0.29) is 5.82 Å². The smallest absolute Gasteiger partial charge is 0.185 e. The van der Waals surface area contributed by atoms with Gasteiger partial charge < -0.3 is 4.57 Å². The number of aldehydes is 1. The zero-order chi connectivity index (χ0) is 13.0. The van der Waals surface area contributed by atoms with Crippen molar-refractivity contribution in [2.45, 2.75) is 13.5 Å². The first-order valence-electron chi connectivity index (χ1n) is 5.62. The van der Waals surface area contributed by atoms with E-state index in [2.05, 4.69) is 4.98 Å². The Labute approximate surface area is 105 Å². The van der Waals surface area contributed by atoms with Crippen LogP contribution in [0.3, 0.4) is 0 Å². The molecule has 92 valence electrons. The Morgan fingerprint density at radius 2 is 2.06 bits per heavy atom. The van der Waals surface area contributed by atoms with Crippen LogP contribution in [0.15, 0.2) is 36.5 Å². The minimum Gasteiger partial charge on any atom is -0.318 e. The highest BCUT2D eigenvalue weighted by atomic mass is 19.1. The second-order valence-corrected chi connectivity index (χ2v) is 3.87. The van der Waals surface area contributed by atoms with Gasteiger partial charge in [0.25, 0.3) is 0 Å². The van der Waals surface area contributed by atoms with Gasteiger partial charge in [-0.05, 0) is 30.7 Å². The number of nitrogens with zero attached hydrogens (tertiary/aromatic N) is 2. The summed E-state index contributed by atoms with van der Waals surface area (Å²) in [5.41, 5.74) is 1.77. The van der Waals surface area contributed by atoms with Crippen LogP contribution in [0.4, 0.5) is 4.39 Å². The van der Waals surface area contributed by atoms with E-state index in [1.54, 1.807) is 22.9 Å². The molecule has 1 heterocycles. The van der Waals surface area contributed by atoms with Crippen molar-refractivity contribution in [2.75, 3.05) is 0 Å². The van der Waals surface area contributed by atoms with E-state index in [1.807, 2.05) is 19.1 Å².